The Labute approximate surface area is 73.1 Å². The SMILES string of the molecule is CC=NC(=S)S.[H-].[H-].[Mg+2]. The number of nitrogens with zero attached hydrogens (tertiary/aromatic N) is 1. The van der Waals surface area contributed by atoms with Crippen molar-refractivity contribution in [3.05, 3.63) is 0 Å². The van der Waals surface area contributed by atoms with E-state index in [1.54, 1.807) is 13.1 Å². The molecule has 1 nitrogen and oxygen atoms in total. The van der Waals surface area contributed by atoms with Crippen LogP contribution in [0.4, 0.5) is 0 Å². The number of thiol groups is 1. The third kappa shape index (κ3) is 10.9. The predicted molar refractivity (Wildman–Crippen MR) is 43.7 cm³/mol. The van der Waals surface area contributed by atoms with Crippen LogP contribution in [0.25, 0.3) is 0 Å². The van der Waals surface area contributed by atoms with Gasteiger partial charge in [0.05, 0.1) is 0 Å². The number of hydrogen-bond donors (Lipinski definition) is 1. The van der Waals surface area contributed by atoms with E-state index in [9.17, 15) is 0 Å². The molecule has 7 heavy (non-hydrogen) atoms. The zero-order chi connectivity index (χ0) is 4.99. The third-order valence-electron chi connectivity index (χ3n) is 0.240. The largest absolute Gasteiger partial charge is 2.00 e. The van der Waals surface area contributed by atoms with Crippen LogP contribution in [0.2, 0.25) is 0 Å². The molecule has 4 heteroatoms. The minimum Gasteiger partial charge on any atom is -1.00 e. The van der Waals surface area contributed by atoms with E-state index >= 15 is 0 Å². The van der Waals surface area contributed by atoms with E-state index in [0.717, 1.165) is 0 Å². The van der Waals surface area contributed by atoms with E-state index in [4.69, 9.17) is 0 Å². The molecule has 0 spiro atoms. The van der Waals surface area contributed by atoms with E-state index in [1.165, 1.54) is 0 Å². The normalized spacial score (nSPS) is 8.29. The summed E-state index contributed by atoms with van der Waals surface area (Å²) in [4.78, 5) is 3.60. The Morgan fingerprint density at radius 1 is 2.00 bits per heavy atom. The molecule has 0 aromatic rings. The Kier molecular flexibility index (Phi) is 10.6. The molecule has 0 saturated heterocycles. The summed E-state index contributed by atoms with van der Waals surface area (Å²) in [7, 11) is 0. The number of hydrogen-bond acceptors (Lipinski definition) is 1. The van der Waals surface area contributed by atoms with Crippen molar-refractivity contribution in [3.63, 3.8) is 0 Å². The Morgan fingerprint density at radius 2 is 2.43 bits per heavy atom. The number of rotatable bonds is 0. The van der Waals surface area contributed by atoms with Crippen molar-refractivity contribution < 1.29 is 2.85 Å². The van der Waals surface area contributed by atoms with Gasteiger partial charge in [0.2, 0.25) is 0 Å². The summed E-state index contributed by atoms with van der Waals surface area (Å²) in [5.74, 6) is 0. The molecule has 0 aromatic heterocycles. The first-order valence-corrected chi connectivity index (χ1v) is 2.34. The molecular formula is C3H7MgNS2. The van der Waals surface area contributed by atoms with Crippen LogP contribution >= 0.6 is 24.8 Å². The quantitative estimate of drug-likeness (QED) is 0.233. The van der Waals surface area contributed by atoms with Gasteiger partial charge in [0.15, 0.2) is 4.32 Å². The van der Waals surface area contributed by atoms with Gasteiger partial charge in [-0.25, -0.2) is 4.99 Å². The number of thiocarbonyl (C=S) groups is 1. The van der Waals surface area contributed by atoms with Crippen molar-refractivity contribution in [1.82, 2.24) is 0 Å². The van der Waals surface area contributed by atoms with E-state index in [2.05, 4.69) is 29.8 Å². The molecule has 0 amide bonds. The second-order valence-electron chi connectivity index (χ2n) is 0.670. The van der Waals surface area contributed by atoms with Crippen LogP contribution in [0.5, 0.6) is 0 Å². The fourth-order valence-corrected chi connectivity index (χ4v) is 0.331. The second kappa shape index (κ2) is 6.88. The average Bonchev–Trinajstić information content (AvgIpc) is 1.35. The first-order valence-electron chi connectivity index (χ1n) is 1.49. The Bertz CT molecular complexity index is 87.9. The standard InChI is InChI=1S/C3H5NS2.Mg.2H/c1-2-4-3(5)6;;;/h2H,1H3,(H,5,6);;;/q;+2;2*-1. The van der Waals surface area contributed by atoms with Crippen molar-refractivity contribution >= 4 is 58.4 Å². The third-order valence-corrected chi connectivity index (χ3v) is 0.460. The van der Waals surface area contributed by atoms with Crippen molar-refractivity contribution in [2.24, 2.45) is 4.99 Å². The monoisotopic (exact) mass is 145 g/mol. The summed E-state index contributed by atoms with van der Waals surface area (Å²) >= 11 is 8.17. The van der Waals surface area contributed by atoms with Gasteiger partial charge in [-0.05, 0) is 6.92 Å². The topological polar surface area (TPSA) is 12.4 Å². The fourth-order valence-electron chi connectivity index (χ4n) is 0.110. The number of aliphatic imine (C=N–C) groups is 1. The molecule has 0 saturated carbocycles. The summed E-state index contributed by atoms with van der Waals surface area (Å²) < 4.78 is 0.387. The molecule has 0 bridgehead atoms. The molecule has 0 unspecified atom stereocenters. The molecule has 0 N–H and O–H groups in total. The van der Waals surface area contributed by atoms with E-state index in [-0.39, 0.29) is 25.9 Å². The van der Waals surface area contributed by atoms with Gasteiger partial charge in [-0.2, -0.15) is 0 Å². The Hall–Kier alpha value is 0.876. The zero-order valence-electron chi connectivity index (χ0n) is 6.09. The van der Waals surface area contributed by atoms with Crippen molar-refractivity contribution in [2.45, 2.75) is 6.92 Å². The minimum absolute atomic E-state index is 0. The van der Waals surface area contributed by atoms with Gasteiger partial charge in [0.1, 0.15) is 0 Å². The Morgan fingerprint density at radius 3 is 2.43 bits per heavy atom. The second-order valence-corrected chi connectivity index (χ2v) is 1.78. The zero-order valence-corrected chi connectivity index (χ0v) is 7.21. The molecule has 0 heterocycles. The van der Waals surface area contributed by atoms with Gasteiger partial charge in [-0.1, -0.05) is 12.2 Å². The van der Waals surface area contributed by atoms with Crippen LogP contribution in [0.3, 0.4) is 0 Å². The summed E-state index contributed by atoms with van der Waals surface area (Å²) in [6.07, 6.45) is 1.61. The predicted octanol–water partition coefficient (Wildman–Crippen LogP) is 1.14. The molecule has 0 atom stereocenters. The first-order chi connectivity index (χ1) is 2.77. The van der Waals surface area contributed by atoms with Crippen LogP contribution in [0.15, 0.2) is 4.99 Å². The molecule has 0 fully saturated rings. The van der Waals surface area contributed by atoms with E-state index < -0.39 is 0 Å². The molecule has 0 radical (unpaired) electrons. The fraction of sp³-hybridized carbons (Fsp3) is 0.333. The van der Waals surface area contributed by atoms with Crippen LogP contribution in [0.1, 0.15) is 9.78 Å². The first kappa shape index (κ1) is 10.8. The molecule has 0 aliphatic carbocycles. The van der Waals surface area contributed by atoms with E-state index in [0.29, 0.717) is 4.32 Å². The minimum atomic E-state index is 0. The smallest absolute Gasteiger partial charge is 1.00 e. The van der Waals surface area contributed by atoms with Gasteiger partial charge < -0.3 is 2.85 Å². The molecule has 0 aliphatic rings. The molecule has 0 rings (SSSR count). The summed E-state index contributed by atoms with van der Waals surface area (Å²) in [5, 5.41) is 0. The van der Waals surface area contributed by atoms with Crippen LogP contribution in [-0.2, 0) is 0 Å². The van der Waals surface area contributed by atoms with Gasteiger partial charge in [-0.15, -0.1) is 12.6 Å². The van der Waals surface area contributed by atoms with Crippen LogP contribution < -0.4 is 0 Å². The Balaban J connectivity index is -0.0000000417. The van der Waals surface area contributed by atoms with Gasteiger partial charge >= 0.3 is 23.1 Å². The molecule has 0 aromatic carbocycles. The molecule has 0 aliphatic heterocycles. The van der Waals surface area contributed by atoms with Gasteiger partial charge in [0, 0.05) is 6.21 Å². The maximum atomic E-state index is 4.46. The average molecular weight is 146 g/mol. The van der Waals surface area contributed by atoms with Crippen molar-refractivity contribution in [3.8, 4) is 0 Å². The van der Waals surface area contributed by atoms with Crippen molar-refractivity contribution in [2.75, 3.05) is 0 Å². The molecule has 38 valence electrons. The maximum absolute atomic E-state index is 4.46. The maximum Gasteiger partial charge on any atom is 2.00 e. The summed E-state index contributed by atoms with van der Waals surface area (Å²) in [5.41, 5.74) is 0. The molecular weight excluding hydrogens is 138 g/mol. The van der Waals surface area contributed by atoms with Crippen LogP contribution in [0, 0.1) is 0 Å². The van der Waals surface area contributed by atoms with Gasteiger partial charge in [0.25, 0.3) is 0 Å². The van der Waals surface area contributed by atoms with Crippen LogP contribution in [-0.4, -0.2) is 33.6 Å². The van der Waals surface area contributed by atoms with Crippen molar-refractivity contribution in [1.29, 1.82) is 0 Å². The van der Waals surface area contributed by atoms with E-state index in [1.807, 2.05) is 0 Å². The summed E-state index contributed by atoms with van der Waals surface area (Å²) in [6, 6.07) is 0. The van der Waals surface area contributed by atoms with Gasteiger partial charge in [-0.3, -0.25) is 0 Å². The summed E-state index contributed by atoms with van der Waals surface area (Å²) in [6.45, 7) is 1.79.